The van der Waals surface area contributed by atoms with Crippen molar-refractivity contribution in [2.24, 2.45) is 5.41 Å². The molecule has 0 amide bonds. The van der Waals surface area contributed by atoms with Gasteiger partial charge in [-0.05, 0) is 58.5 Å². The quantitative estimate of drug-likeness (QED) is 0.123. The van der Waals surface area contributed by atoms with Crippen molar-refractivity contribution in [1.29, 1.82) is 0 Å². The molecule has 0 saturated heterocycles. The summed E-state index contributed by atoms with van der Waals surface area (Å²) in [6.45, 7) is 19.2. The molecule has 4 nitrogen and oxygen atoms in total. The van der Waals surface area contributed by atoms with E-state index in [-0.39, 0.29) is 36.8 Å². The van der Waals surface area contributed by atoms with Crippen molar-refractivity contribution in [3.63, 3.8) is 0 Å². The van der Waals surface area contributed by atoms with Gasteiger partial charge in [0.2, 0.25) is 0 Å². The van der Waals surface area contributed by atoms with Crippen LogP contribution in [0, 0.1) is 23.4 Å². The second-order valence-corrected chi connectivity index (χ2v) is 31.5. The Morgan fingerprint density at radius 1 is 0.708 bits per heavy atom. The Balaban J connectivity index is 0.000000211. The summed E-state index contributed by atoms with van der Waals surface area (Å²) < 4.78 is 41.0. The zero-order chi connectivity index (χ0) is 47.6. The van der Waals surface area contributed by atoms with Gasteiger partial charge in [0.15, 0.2) is 0 Å². The average Bonchev–Trinajstić information content (AvgIpc) is 3.83. The van der Waals surface area contributed by atoms with Gasteiger partial charge in [0, 0.05) is 37.2 Å². The van der Waals surface area contributed by atoms with E-state index >= 15 is 0 Å². The molecule has 0 aliphatic heterocycles. The van der Waals surface area contributed by atoms with Crippen LogP contribution in [0.1, 0.15) is 81.7 Å². The fraction of sp³-hybridized carbons (Fsp3) is 0.276. The van der Waals surface area contributed by atoms with Crippen LogP contribution in [0.3, 0.4) is 0 Å². The van der Waals surface area contributed by atoms with Crippen molar-refractivity contribution in [2.45, 2.75) is 96.8 Å². The summed E-state index contributed by atoms with van der Waals surface area (Å²) in [5.41, 5.74) is 11.9. The molecule has 0 unspecified atom stereocenters. The summed E-state index contributed by atoms with van der Waals surface area (Å²) >= 11 is -2.29. The summed E-state index contributed by atoms with van der Waals surface area (Å²) in [5.74, 6) is 7.37. The predicted octanol–water partition coefficient (Wildman–Crippen LogP) is 15.5. The minimum Gasteiger partial charge on any atom is 0 e. The van der Waals surface area contributed by atoms with Crippen LogP contribution in [0.4, 0.5) is 4.39 Å². The van der Waals surface area contributed by atoms with Crippen LogP contribution in [-0.2, 0) is 37.3 Å². The van der Waals surface area contributed by atoms with Gasteiger partial charge in [-0.25, -0.2) is 4.39 Å². The molecule has 65 heavy (non-hydrogen) atoms. The number of benzene rings is 6. The Morgan fingerprint density at radius 2 is 1.43 bits per heavy atom. The first-order valence-corrected chi connectivity index (χ1v) is 29.5. The first-order chi connectivity index (χ1) is 30.9. The first-order valence-electron chi connectivity index (χ1n) is 23.2. The van der Waals surface area contributed by atoms with Gasteiger partial charge in [-0.3, -0.25) is 4.98 Å². The van der Waals surface area contributed by atoms with Crippen molar-refractivity contribution in [2.75, 3.05) is 0 Å². The molecule has 3 aromatic heterocycles. The summed E-state index contributed by atoms with van der Waals surface area (Å²) in [6, 6.07) is 48.8. The van der Waals surface area contributed by atoms with Gasteiger partial charge in [0.25, 0.3) is 0 Å². The molecular formula is C58H60FGeIrN3O-2. The number of rotatable bonds is 6. The van der Waals surface area contributed by atoms with Gasteiger partial charge >= 0.3 is 160 Å². The van der Waals surface area contributed by atoms with E-state index in [2.05, 4.69) is 136 Å². The van der Waals surface area contributed by atoms with Gasteiger partial charge in [-0.2, -0.15) is 0 Å². The summed E-state index contributed by atoms with van der Waals surface area (Å²) in [7, 11) is 0. The second-order valence-electron chi connectivity index (χ2n) is 21.0. The summed E-state index contributed by atoms with van der Waals surface area (Å²) in [4.78, 5) is 9.83. The number of hydrogen-bond donors (Lipinski definition) is 0. The molecule has 0 saturated carbocycles. The standard InChI is InChI=1S/C35H26FN2O.C23H34GeN.Ir/c1-35(2,3)28-20-23(22-9-5-4-6-10-22)13-17-30(28)38-31-12-8-7-11-29(31)37-34(38)24-14-18-32-27(19-24)26-16-15-25(36)21-33(26)39-32;1-22(2,3)15-18-14-21(25-16-20(18)24(7,8)9)17-11-10-12-19(13-17)23(4,5)6;/h4-13,15-21H,1-3H3;10,12-14,16H,15H2,1-9H3;/q2*-1;/i;15D2;. The smallest absolute Gasteiger partial charge is 0 e. The van der Waals surface area contributed by atoms with Crippen LogP contribution in [0.25, 0.3) is 72.4 Å². The van der Waals surface area contributed by atoms with Crippen molar-refractivity contribution >= 4 is 50.6 Å². The van der Waals surface area contributed by atoms with Crippen LogP contribution in [0.15, 0.2) is 138 Å². The fourth-order valence-electron chi connectivity index (χ4n) is 8.20. The minimum atomic E-state index is -2.29. The maximum Gasteiger partial charge on any atom is 0 e. The van der Waals surface area contributed by atoms with Crippen LogP contribution < -0.4 is 4.40 Å². The van der Waals surface area contributed by atoms with Crippen molar-refractivity contribution in [3.05, 3.63) is 168 Å². The molecule has 7 heteroatoms. The molecule has 0 aliphatic rings. The first kappa shape index (κ1) is 45.0. The maximum atomic E-state index is 13.9. The van der Waals surface area contributed by atoms with E-state index in [0.717, 1.165) is 60.1 Å². The third-order valence-corrected chi connectivity index (χ3v) is 15.7. The molecule has 0 fully saturated rings. The van der Waals surface area contributed by atoms with Crippen molar-refractivity contribution in [1.82, 2.24) is 14.5 Å². The van der Waals surface area contributed by atoms with Gasteiger partial charge in [-0.1, -0.05) is 74.7 Å². The Labute approximate surface area is 404 Å². The Morgan fingerprint density at radius 3 is 2.12 bits per heavy atom. The molecular weight excluding hydrogens is 1040 g/mol. The van der Waals surface area contributed by atoms with E-state index in [1.807, 2.05) is 75.5 Å². The Kier molecular flexibility index (Phi) is 12.7. The van der Waals surface area contributed by atoms with E-state index in [9.17, 15) is 4.39 Å². The minimum absolute atomic E-state index is 0. The monoisotopic (exact) mass is 1100 g/mol. The largest absolute Gasteiger partial charge is 0 e. The topological polar surface area (TPSA) is 43.9 Å². The van der Waals surface area contributed by atoms with Crippen LogP contribution in [0.5, 0.6) is 0 Å². The van der Waals surface area contributed by atoms with Gasteiger partial charge in [0.05, 0.1) is 22.4 Å². The Bertz CT molecular complexity index is 3240. The molecule has 9 rings (SSSR count). The van der Waals surface area contributed by atoms with Gasteiger partial charge in [0.1, 0.15) is 11.4 Å². The number of fused-ring (bicyclic) bond motifs is 4. The molecule has 0 atom stereocenters. The molecule has 1 radical (unpaired) electrons. The molecule has 0 aliphatic carbocycles. The number of para-hydroxylation sites is 2. The second kappa shape index (κ2) is 18.3. The molecule has 6 aromatic carbocycles. The number of imidazole rings is 1. The molecule has 0 N–H and O–H groups in total. The zero-order valence-electron chi connectivity index (χ0n) is 41.7. The van der Waals surface area contributed by atoms with E-state index in [1.54, 1.807) is 6.07 Å². The van der Waals surface area contributed by atoms with E-state index in [1.165, 1.54) is 34.4 Å². The van der Waals surface area contributed by atoms with Gasteiger partial charge in [-0.15, -0.1) is 23.8 Å². The van der Waals surface area contributed by atoms with Crippen LogP contribution in [-0.4, -0.2) is 27.8 Å². The van der Waals surface area contributed by atoms with E-state index < -0.39 is 25.1 Å². The number of halogens is 1. The fourth-order valence-corrected chi connectivity index (χ4v) is 11.1. The third-order valence-electron chi connectivity index (χ3n) is 11.5. The predicted molar refractivity (Wildman–Crippen MR) is 270 cm³/mol. The average molecular weight is 1100 g/mol. The number of aromatic nitrogens is 3. The number of hydrogen-bond acceptors (Lipinski definition) is 3. The van der Waals surface area contributed by atoms with Crippen molar-refractivity contribution in [3.8, 4) is 39.5 Å². The van der Waals surface area contributed by atoms with Crippen LogP contribution in [0.2, 0.25) is 17.3 Å². The molecule has 0 spiro atoms. The van der Waals surface area contributed by atoms with Crippen molar-refractivity contribution < 1.29 is 31.7 Å². The van der Waals surface area contributed by atoms with Gasteiger partial charge < -0.3 is 8.98 Å². The van der Waals surface area contributed by atoms with E-state index in [0.29, 0.717) is 11.2 Å². The summed E-state index contributed by atoms with van der Waals surface area (Å²) in [5, 5.41) is 1.78. The zero-order valence-corrected chi connectivity index (χ0v) is 44.2. The molecule has 335 valence electrons. The third kappa shape index (κ3) is 10.5. The molecule has 3 heterocycles. The Hall–Kier alpha value is -5.14. The number of pyridine rings is 1. The maximum absolute atomic E-state index is 13.9. The number of furan rings is 1. The SMILES string of the molecule is CC(C)(C)c1cc(-c2ccccc2)ccc1-n1c(-c2[c-]cc3oc4cc(F)ccc4c3c2)nc2ccccc21.[2H]C([2H])(c1cc(-c2[c-]ccc(C(C)(C)C)c2)nc[c]1[Ge]([CH3])([CH3])[CH3])C(C)(C)C.[Ir]. The van der Waals surface area contributed by atoms with Crippen LogP contribution >= 0.6 is 0 Å². The normalized spacial score (nSPS) is 13.0. The molecule has 9 aromatic rings. The van der Waals surface area contributed by atoms with E-state index in [4.69, 9.17) is 17.1 Å². The summed E-state index contributed by atoms with van der Waals surface area (Å²) in [6.07, 6.45) is 0.506. The molecule has 0 bridgehead atoms. The number of nitrogens with zero attached hydrogens (tertiary/aromatic N) is 3.